The second-order valence-electron chi connectivity index (χ2n) is 7.54. The SMILES string of the molecule is Cc1cc(C)n(Cc2cccc(NC(=O)c3ccc(COc4ccc([N+](=O)[O-])cc4)o3)c2)n1. The third kappa shape index (κ3) is 5.45. The smallest absolute Gasteiger partial charge is 0.291 e. The lowest BCUT2D eigenvalue weighted by atomic mass is 10.2. The van der Waals surface area contributed by atoms with Gasteiger partial charge in [-0.25, -0.2) is 0 Å². The number of amides is 1. The molecule has 1 amide bonds. The minimum atomic E-state index is -0.476. The van der Waals surface area contributed by atoms with Crippen molar-refractivity contribution in [3.05, 3.63) is 105 Å². The third-order valence-electron chi connectivity index (χ3n) is 4.93. The van der Waals surface area contributed by atoms with Crippen LogP contribution in [0.5, 0.6) is 5.75 Å². The molecule has 0 saturated carbocycles. The largest absolute Gasteiger partial charge is 0.486 e. The van der Waals surface area contributed by atoms with Gasteiger partial charge in [0.1, 0.15) is 18.1 Å². The molecule has 0 saturated heterocycles. The molecule has 0 bridgehead atoms. The fraction of sp³-hybridized carbons (Fsp3) is 0.167. The van der Waals surface area contributed by atoms with E-state index in [4.69, 9.17) is 9.15 Å². The maximum absolute atomic E-state index is 12.6. The topological polar surface area (TPSA) is 112 Å². The number of carbonyl (C=O) groups is 1. The van der Waals surface area contributed by atoms with Gasteiger partial charge in [0.05, 0.1) is 17.2 Å². The van der Waals surface area contributed by atoms with Crippen LogP contribution in [-0.4, -0.2) is 20.6 Å². The van der Waals surface area contributed by atoms with Gasteiger partial charge in [0.2, 0.25) is 0 Å². The van der Waals surface area contributed by atoms with Crippen molar-refractivity contribution in [1.29, 1.82) is 0 Å². The summed E-state index contributed by atoms with van der Waals surface area (Å²) in [6.07, 6.45) is 0. The maximum Gasteiger partial charge on any atom is 0.291 e. The first-order chi connectivity index (χ1) is 15.9. The summed E-state index contributed by atoms with van der Waals surface area (Å²) in [6, 6.07) is 18.5. The summed E-state index contributed by atoms with van der Waals surface area (Å²) < 4.78 is 13.1. The van der Waals surface area contributed by atoms with E-state index < -0.39 is 4.92 Å². The van der Waals surface area contributed by atoms with Crippen molar-refractivity contribution in [2.45, 2.75) is 27.0 Å². The van der Waals surface area contributed by atoms with E-state index in [0.29, 0.717) is 23.7 Å². The number of carbonyl (C=O) groups excluding carboxylic acids is 1. The number of aryl methyl sites for hydroxylation is 2. The number of hydrogen-bond acceptors (Lipinski definition) is 6. The molecule has 0 fully saturated rings. The molecular formula is C24H22N4O5. The minimum Gasteiger partial charge on any atom is -0.486 e. The Hall–Kier alpha value is -4.40. The van der Waals surface area contributed by atoms with Crippen LogP contribution in [0.1, 0.15) is 33.3 Å². The number of ether oxygens (including phenoxy) is 1. The van der Waals surface area contributed by atoms with Gasteiger partial charge in [-0.1, -0.05) is 12.1 Å². The number of nitro benzene ring substituents is 1. The Morgan fingerprint density at radius 2 is 1.91 bits per heavy atom. The summed E-state index contributed by atoms with van der Waals surface area (Å²) in [5.74, 6) is 0.695. The minimum absolute atomic E-state index is 0.0155. The standard InChI is InChI=1S/C24H22N4O5/c1-16-12-17(2)27(26-16)14-18-4-3-5-19(13-18)25-24(29)23-11-10-22(33-23)15-32-21-8-6-20(7-9-21)28(30)31/h3-13H,14-15H2,1-2H3,(H,25,29). The lowest BCUT2D eigenvalue weighted by Gasteiger charge is -2.08. The van der Waals surface area contributed by atoms with Crippen molar-refractivity contribution in [1.82, 2.24) is 9.78 Å². The van der Waals surface area contributed by atoms with Crippen molar-refractivity contribution in [2.24, 2.45) is 0 Å². The number of non-ortho nitro benzene ring substituents is 1. The molecule has 0 radical (unpaired) electrons. The number of nitrogens with one attached hydrogen (secondary N) is 1. The molecule has 0 unspecified atom stereocenters. The van der Waals surface area contributed by atoms with E-state index in [9.17, 15) is 14.9 Å². The number of furan rings is 1. The van der Waals surface area contributed by atoms with Crippen LogP contribution < -0.4 is 10.1 Å². The first kappa shape index (κ1) is 21.8. The lowest BCUT2D eigenvalue weighted by Crippen LogP contribution is -2.11. The zero-order valence-electron chi connectivity index (χ0n) is 18.1. The Morgan fingerprint density at radius 3 is 2.61 bits per heavy atom. The first-order valence-corrected chi connectivity index (χ1v) is 10.2. The highest BCUT2D eigenvalue weighted by Gasteiger charge is 2.13. The van der Waals surface area contributed by atoms with Gasteiger partial charge >= 0.3 is 0 Å². The highest BCUT2D eigenvalue weighted by Crippen LogP contribution is 2.20. The molecule has 168 valence electrons. The van der Waals surface area contributed by atoms with Crippen LogP contribution in [0, 0.1) is 24.0 Å². The molecule has 4 aromatic rings. The van der Waals surface area contributed by atoms with Crippen LogP contribution in [0.25, 0.3) is 0 Å². The van der Waals surface area contributed by atoms with Crippen molar-refractivity contribution in [3.8, 4) is 5.75 Å². The number of aromatic nitrogens is 2. The third-order valence-corrected chi connectivity index (χ3v) is 4.93. The zero-order valence-corrected chi connectivity index (χ0v) is 18.1. The number of anilines is 1. The molecule has 0 aliphatic carbocycles. The van der Waals surface area contributed by atoms with E-state index in [2.05, 4.69) is 10.4 Å². The van der Waals surface area contributed by atoms with Gasteiger partial charge < -0.3 is 14.5 Å². The molecule has 1 N–H and O–H groups in total. The van der Waals surface area contributed by atoms with Crippen molar-refractivity contribution < 1.29 is 18.9 Å². The van der Waals surface area contributed by atoms with Gasteiger partial charge in [-0.2, -0.15) is 5.10 Å². The van der Waals surface area contributed by atoms with E-state index in [0.717, 1.165) is 17.0 Å². The van der Waals surface area contributed by atoms with E-state index in [-0.39, 0.29) is 24.0 Å². The molecular weight excluding hydrogens is 424 g/mol. The van der Waals surface area contributed by atoms with Crippen molar-refractivity contribution in [2.75, 3.05) is 5.32 Å². The molecule has 0 aliphatic rings. The van der Waals surface area contributed by atoms with Crippen LogP contribution in [0.4, 0.5) is 11.4 Å². The van der Waals surface area contributed by atoms with Crippen molar-refractivity contribution >= 4 is 17.3 Å². The summed E-state index contributed by atoms with van der Waals surface area (Å²) in [5.41, 5.74) is 3.68. The Labute approximate surface area is 189 Å². The highest BCUT2D eigenvalue weighted by atomic mass is 16.6. The Kier molecular flexibility index (Phi) is 6.21. The summed E-state index contributed by atoms with van der Waals surface area (Å²) in [6.45, 7) is 4.65. The molecule has 9 nitrogen and oxygen atoms in total. The van der Waals surface area contributed by atoms with Gasteiger partial charge in [0, 0.05) is 23.5 Å². The predicted octanol–water partition coefficient (Wildman–Crippen LogP) is 4.88. The van der Waals surface area contributed by atoms with Gasteiger partial charge in [-0.15, -0.1) is 0 Å². The normalized spacial score (nSPS) is 10.7. The number of rotatable bonds is 8. The second-order valence-corrected chi connectivity index (χ2v) is 7.54. The summed E-state index contributed by atoms with van der Waals surface area (Å²) >= 11 is 0. The molecule has 9 heteroatoms. The molecule has 0 aliphatic heterocycles. The molecule has 0 atom stereocenters. The fourth-order valence-corrected chi connectivity index (χ4v) is 3.34. The molecule has 2 heterocycles. The van der Waals surface area contributed by atoms with Gasteiger partial charge in [0.25, 0.3) is 11.6 Å². The average molecular weight is 446 g/mol. The quantitative estimate of drug-likeness (QED) is 0.305. The monoisotopic (exact) mass is 446 g/mol. The van der Waals surface area contributed by atoms with Crippen molar-refractivity contribution in [3.63, 3.8) is 0 Å². The number of nitrogens with zero attached hydrogens (tertiary/aromatic N) is 3. The zero-order chi connectivity index (χ0) is 23.4. The van der Waals surface area contributed by atoms with E-state index >= 15 is 0 Å². The summed E-state index contributed by atoms with van der Waals surface area (Å²) in [5, 5.41) is 18.0. The number of hydrogen-bond donors (Lipinski definition) is 1. The average Bonchev–Trinajstić information content (AvgIpc) is 3.39. The van der Waals surface area contributed by atoms with Gasteiger partial charge in [0.15, 0.2) is 5.76 Å². The predicted molar refractivity (Wildman–Crippen MR) is 121 cm³/mol. The maximum atomic E-state index is 12.6. The van der Waals surface area contributed by atoms with Crippen LogP contribution >= 0.6 is 0 Å². The van der Waals surface area contributed by atoms with Gasteiger partial charge in [-0.3, -0.25) is 19.6 Å². The second kappa shape index (κ2) is 9.39. The molecule has 0 spiro atoms. The van der Waals surface area contributed by atoms with Crippen LogP contribution in [0.15, 0.2) is 71.1 Å². The van der Waals surface area contributed by atoms with Crippen LogP contribution in [-0.2, 0) is 13.2 Å². The lowest BCUT2D eigenvalue weighted by molar-refractivity contribution is -0.384. The summed E-state index contributed by atoms with van der Waals surface area (Å²) in [7, 11) is 0. The van der Waals surface area contributed by atoms with Crippen LogP contribution in [0.3, 0.4) is 0 Å². The molecule has 33 heavy (non-hydrogen) atoms. The first-order valence-electron chi connectivity index (χ1n) is 10.2. The molecule has 4 rings (SSSR count). The Balaban J connectivity index is 1.35. The highest BCUT2D eigenvalue weighted by molar-refractivity contribution is 6.02. The van der Waals surface area contributed by atoms with E-state index in [1.165, 1.54) is 24.3 Å². The van der Waals surface area contributed by atoms with Gasteiger partial charge in [-0.05, 0) is 61.9 Å². The Bertz CT molecular complexity index is 1290. The van der Waals surface area contributed by atoms with E-state index in [1.807, 2.05) is 48.9 Å². The number of nitro groups is 1. The molecule has 2 aromatic carbocycles. The number of benzene rings is 2. The molecule has 2 aromatic heterocycles. The van der Waals surface area contributed by atoms with Crippen LogP contribution in [0.2, 0.25) is 0 Å². The fourth-order valence-electron chi connectivity index (χ4n) is 3.34. The Morgan fingerprint density at radius 1 is 1.12 bits per heavy atom. The van der Waals surface area contributed by atoms with E-state index in [1.54, 1.807) is 12.1 Å². The summed E-state index contributed by atoms with van der Waals surface area (Å²) in [4.78, 5) is 22.8.